The number of aromatic nitrogens is 2. The van der Waals surface area contributed by atoms with Crippen LogP contribution in [0.15, 0.2) is 0 Å². The Hall–Kier alpha value is -0.680. The molecule has 4 nitrogen and oxygen atoms in total. The predicted octanol–water partition coefficient (Wildman–Crippen LogP) is 1.81. The Labute approximate surface area is 107 Å². The second kappa shape index (κ2) is 4.90. The largest absolute Gasteiger partial charge is 0.344 e. The summed E-state index contributed by atoms with van der Waals surface area (Å²) in [6.07, 6.45) is 5.34. The number of rotatable bonds is 4. The summed E-state index contributed by atoms with van der Waals surface area (Å²) in [6.45, 7) is 5.50. The molecule has 3 rings (SSSR count). The Balaban J connectivity index is 1.67. The van der Waals surface area contributed by atoms with Gasteiger partial charge in [-0.1, -0.05) is 0 Å². The van der Waals surface area contributed by atoms with Gasteiger partial charge in [0, 0.05) is 24.1 Å². The topological polar surface area (TPSA) is 41.1 Å². The fourth-order valence-corrected chi connectivity index (χ4v) is 3.29. The van der Waals surface area contributed by atoms with Gasteiger partial charge in [-0.05, 0) is 51.6 Å². The van der Waals surface area contributed by atoms with Gasteiger partial charge >= 0.3 is 0 Å². The van der Waals surface area contributed by atoms with E-state index in [1.807, 2.05) is 6.92 Å². The van der Waals surface area contributed by atoms with Gasteiger partial charge in [0.2, 0.25) is 5.13 Å². The molecule has 17 heavy (non-hydrogen) atoms. The van der Waals surface area contributed by atoms with Gasteiger partial charge in [-0.2, -0.15) is 4.37 Å². The van der Waals surface area contributed by atoms with Crippen LogP contribution in [0, 0.1) is 12.8 Å². The summed E-state index contributed by atoms with van der Waals surface area (Å²) >= 11 is 1.56. The highest BCUT2D eigenvalue weighted by molar-refractivity contribution is 7.09. The van der Waals surface area contributed by atoms with Crippen molar-refractivity contribution in [1.82, 2.24) is 14.7 Å². The Morgan fingerprint density at radius 1 is 1.41 bits per heavy atom. The summed E-state index contributed by atoms with van der Waals surface area (Å²) in [5, 5.41) is 4.63. The lowest BCUT2D eigenvalue weighted by molar-refractivity contribution is 0.376. The third-order valence-electron chi connectivity index (χ3n) is 3.60. The van der Waals surface area contributed by atoms with Gasteiger partial charge in [0.1, 0.15) is 5.82 Å². The first-order valence-corrected chi connectivity index (χ1v) is 7.38. The quantitative estimate of drug-likeness (QED) is 0.887. The first kappa shape index (κ1) is 11.4. The molecule has 1 aliphatic heterocycles. The Bertz CT molecular complexity index is 368. The van der Waals surface area contributed by atoms with Gasteiger partial charge < -0.3 is 10.2 Å². The summed E-state index contributed by atoms with van der Waals surface area (Å²) in [4.78, 5) is 7.05. The molecular weight excluding hydrogens is 232 g/mol. The van der Waals surface area contributed by atoms with Crippen molar-refractivity contribution in [3.8, 4) is 0 Å². The summed E-state index contributed by atoms with van der Waals surface area (Å²) in [5.74, 6) is 1.70. The van der Waals surface area contributed by atoms with E-state index >= 15 is 0 Å². The maximum Gasteiger partial charge on any atom is 0.205 e. The molecule has 94 valence electrons. The molecule has 1 aromatic heterocycles. The van der Waals surface area contributed by atoms with E-state index in [0.717, 1.165) is 29.5 Å². The van der Waals surface area contributed by atoms with Crippen LogP contribution in [0.5, 0.6) is 0 Å². The van der Waals surface area contributed by atoms with Gasteiger partial charge in [-0.25, -0.2) is 4.98 Å². The number of anilines is 1. The standard InChI is InChI=1S/C12H20N4S/c1-9-14-12(17-15-9)16(11-4-5-11)8-10-3-2-6-13-7-10/h10-11,13H,2-8H2,1H3. The molecule has 1 saturated heterocycles. The zero-order valence-electron chi connectivity index (χ0n) is 10.4. The molecule has 2 aliphatic rings. The molecule has 1 saturated carbocycles. The average molecular weight is 252 g/mol. The maximum atomic E-state index is 4.55. The zero-order valence-corrected chi connectivity index (χ0v) is 11.2. The van der Waals surface area contributed by atoms with E-state index in [0.29, 0.717) is 0 Å². The van der Waals surface area contributed by atoms with Gasteiger partial charge in [0.15, 0.2) is 0 Å². The molecule has 0 radical (unpaired) electrons. The van der Waals surface area contributed by atoms with Crippen LogP contribution in [-0.4, -0.2) is 35.0 Å². The molecule has 1 aromatic rings. The van der Waals surface area contributed by atoms with Gasteiger partial charge in [0.05, 0.1) is 0 Å². The number of aryl methyl sites for hydroxylation is 1. The predicted molar refractivity (Wildman–Crippen MR) is 70.6 cm³/mol. The van der Waals surface area contributed by atoms with E-state index in [2.05, 4.69) is 19.6 Å². The smallest absolute Gasteiger partial charge is 0.205 e. The second-order valence-corrected chi connectivity index (χ2v) is 5.95. The van der Waals surface area contributed by atoms with Crippen molar-refractivity contribution in [3.63, 3.8) is 0 Å². The van der Waals surface area contributed by atoms with Crippen LogP contribution < -0.4 is 10.2 Å². The number of hydrogen-bond acceptors (Lipinski definition) is 5. The minimum Gasteiger partial charge on any atom is -0.344 e. The Kier molecular flexibility index (Phi) is 3.29. The fourth-order valence-electron chi connectivity index (χ4n) is 2.53. The average Bonchev–Trinajstić information content (AvgIpc) is 3.10. The van der Waals surface area contributed by atoms with Crippen molar-refractivity contribution >= 4 is 16.7 Å². The second-order valence-electron chi connectivity index (χ2n) is 5.22. The van der Waals surface area contributed by atoms with E-state index < -0.39 is 0 Å². The van der Waals surface area contributed by atoms with Crippen molar-refractivity contribution in [2.24, 2.45) is 5.92 Å². The zero-order chi connectivity index (χ0) is 11.7. The third kappa shape index (κ3) is 2.77. The molecule has 0 spiro atoms. The highest BCUT2D eigenvalue weighted by Crippen LogP contribution is 2.33. The third-order valence-corrected chi connectivity index (χ3v) is 4.45. The van der Waals surface area contributed by atoms with E-state index in [1.165, 1.54) is 38.8 Å². The normalized spacial score (nSPS) is 24.9. The van der Waals surface area contributed by atoms with Gasteiger partial charge in [0.25, 0.3) is 0 Å². The maximum absolute atomic E-state index is 4.55. The van der Waals surface area contributed by atoms with E-state index in [-0.39, 0.29) is 0 Å². The number of nitrogens with zero attached hydrogens (tertiary/aromatic N) is 3. The molecule has 0 aromatic carbocycles. The molecule has 1 unspecified atom stereocenters. The van der Waals surface area contributed by atoms with Crippen LogP contribution in [0.1, 0.15) is 31.5 Å². The van der Waals surface area contributed by atoms with Crippen LogP contribution >= 0.6 is 11.5 Å². The lowest BCUT2D eigenvalue weighted by atomic mass is 9.99. The summed E-state index contributed by atoms with van der Waals surface area (Å²) < 4.78 is 4.31. The minimum absolute atomic E-state index is 0.740. The molecule has 5 heteroatoms. The Morgan fingerprint density at radius 3 is 2.88 bits per heavy atom. The van der Waals surface area contributed by atoms with Gasteiger partial charge in [-0.15, -0.1) is 0 Å². The molecule has 0 amide bonds. The van der Waals surface area contributed by atoms with Crippen molar-refractivity contribution < 1.29 is 0 Å². The van der Waals surface area contributed by atoms with E-state index in [1.54, 1.807) is 11.5 Å². The molecule has 1 aliphatic carbocycles. The lowest BCUT2D eigenvalue weighted by Gasteiger charge is -2.29. The van der Waals surface area contributed by atoms with Crippen LogP contribution in [0.25, 0.3) is 0 Å². The summed E-state index contributed by atoms with van der Waals surface area (Å²) in [6, 6.07) is 0.740. The SMILES string of the molecule is Cc1nsc(N(CC2CCCNC2)C2CC2)n1. The van der Waals surface area contributed by atoms with Crippen LogP contribution in [0.4, 0.5) is 5.13 Å². The van der Waals surface area contributed by atoms with Crippen molar-refractivity contribution in [3.05, 3.63) is 5.82 Å². The minimum atomic E-state index is 0.740. The first-order valence-electron chi connectivity index (χ1n) is 6.60. The van der Waals surface area contributed by atoms with Crippen LogP contribution in [-0.2, 0) is 0 Å². The fraction of sp³-hybridized carbons (Fsp3) is 0.833. The van der Waals surface area contributed by atoms with Crippen molar-refractivity contribution in [1.29, 1.82) is 0 Å². The van der Waals surface area contributed by atoms with Crippen LogP contribution in [0.2, 0.25) is 0 Å². The highest BCUT2D eigenvalue weighted by atomic mass is 32.1. The number of nitrogens with one attached hydrogen (secondary N) is 1. The molecule has 1 N–H and O–H groups in total. The summed E-state index contributed by atoms with van der Waals surface area (Å²) in [7, 11) is 0. The monoisotopic (exact) mass is 252 g/mol. The lowest BCUT2D eigenvalue weighted by Crippen LogP contribution is -2.39. The van der Waals surface area contributed by atoms with E-state index in [9.17, 15) is 0 Å². The highest BCUT2D eigenvalue weighted by Gasteiger charge is 2.32. The molecule has 0 bridgehead atoms. The molecule has 2 heterocycles. The number of hydrogen-bond donors (Lipinski definition) is 1. The van der Waals surface area contributed by atoms with E-state index in [4.69, 9.17) is 0 Å². The first-order chi connectivity index (χ1) is 8.33. The molecular formula is C12H20N4S. The molecule has 2 fully saturated rings. The Morgan fingerprint density at radius 2 is 2.29 bits per heavy atom. The van der Waals surface area contributed by atoms with Crippen molar-refractivity contribution in [2.75, 3.05) is 24.5 Å². The summed E-state index contributed by atoms with van der Waals surface area (Å²) in [5.41, 5.74) is 0. The van der Waals surface area contributed by atoms with Crippen LogP contribution in [0.3, 0.4) is 0 Å². The van der Waals surface area contributed by atoms with Gasteiger partial charge in [-0.3, -0.25) is 0 Å². The molecule has 1 atom stereocenters. The number of piperidine rings is 1. The van der Waals surface area contributed by atoms with Crippen molar-refractivity contribution in [2.45, 2.75) is 38.6 Å².